The molecule has 1 aromatic carbocycles. The van der Waals surface area contributed by atoms with Crippen LogP contribution >= 0.6 is 11.6 Å². The molecule has 21 heavy (non-hydrogen) atoms. The van der Waals surface area contributed by atoms with Gasteiger partial charge in [-0.05, 0) is 17.7 Å². The van der Waals surface area contributed by atoms with E-state index in [1.54, 1.807) is 18.2 Å². The van der Waals surface area contributed by atoms with Gasteiger partial charge in [0.15, 0.2) is 0 Å². The number of benzene rings is 1. The summed E-state index contributed by atoms with van der Waals surface area (Å²) < 4.78 is 27.5. The zero-order valence-corrected chi connectivity index (χ0v) is 13.0. The number of hydrogen-bond donors (Lipinski definition) is 1. The van der Waals surface area contributed by atoms with E-state index in [1.165, 1.54) is 28.4 Å². The monoisotopic (exact) mass is 329 g/mol. The molecule has 1 N–H and O–H groups in total. The number of rotatable bonds is 6. The molecule has 0 saturated carbocycles. The van der Waals surface area contributed by atoms with Gasteiger partial charge in [0.05, 0.1) is 19.3 Å². The number of aromatic nitrogens is 2. The van der Waals surface area contributed by atoms with Crippen LogP contribution in [0.3, 0.4) is 0 Å². The Kier molecular flexibility index (Phi) is 5.00. The molecule has 2 aromatic rings. The van der Waals surface area contributed by atoms with Gasteiger partial charge in [-0.3, -0.25) is 4.68 Å². The highest BCUT2D eigenvalue weighted by atomic mass is 35.5. The fourth-order valence-corrected chi connectivity index (χ4v) is 3.19. The lowest BCUT2D eigenvalue weighted by Crippen LogP contribution is -2.26. The Morgan fingerprint density at radius 3 is 2.86 bits per heavy atom. The third-order valence-electron chi connectivity index (χ3n) is 2.94. The van der Waals surface area contributed by atoms with Crippen LogP contribution in [0, 0.1) is 0 Å². The number of halogens is 1. The molecule has 0 radical (unpaired) electrons. The highest BCUT2D eigenvalue weighted by molar-refractivity contribution is 7.89. The van der Waals surface area contributed by atoms with Gasteiger partial charge in [0.2, 0.25) is 10.0 Å². The molecule has 2 rings (SSSR count). The van der Waals surface area contributed by atoms with Gasteiger partial charge in [-0.2, -0.15) is 9.40 Å². The average molecular weight is 330 g/mol. The summed E-state index contributed by atoms with van der Waals surface area (Å²) in [6.45, 7) is 0.376. The van der Waals surface area contributed by atoms with E-state index < -0.39 is 10.0 Å². The molecule has 0 bridgehead atoms. The summed E-state index contributed by atoms with van der Waals surface area (Å²) >= 11 is 5.89. The predicted octanol–water partition coefficient (Wildman–Crippen LogP) is 1.35. The van der Waals surface area contributed by atoms with E-state index in [1.807, 2.05) is 6.07 Å². The SMILES string of the molecule is CN(Cc1cccc(Cl)c1)S(=O)(=O)c1cnn(CCO)c1. The van der Waals surface area contributed by atoms with Crippen molar-refractivity contribution in [1.82, 2.24) is 14.1 Å². The highest BCUT2D eigenvalue weighted by Gasteiger charge is 2.22. The summed E-state index contributed by atoms with van der Waals surface area (Å²) in [6.07, 6.45) is 2.68. The second-order valence-electron chi connectivity index (χ2n) is 4.55. The van der Waals surface area contributed by atoms with E-state index in [4.69, 9.17) is 16.7 Å². The summed E-state index contributed by atoms with van der Waals surface area (Å²) in [5.41, 5.74) is 0.802. The molecule has 1 heterocycles. The summed E-state index contributed by atoms with van der Waals surface area (Å²) in [6, 6.07) is 7.05. The van der Waals surface area contributed by atoms with Crippen LogP contribution in [-0.2, 0) is 23.1 Å². The molecule has 0 aliphatic heterocycles. The molecule has 0 amide bonds. The van der Waals surface area contributed by atoms with E-state index in [-0.39, 0.29) is 24.6 Å². The Morgan fingerprint density at radius 1 is 1.43 bits per heavy atom. The van der Waals surface area contributed by atoms with Gasteiger partial charge in [-0.25, -0.2) is 8.42 Å². The fourth-order valence-electron chi connectivity index (χ4n) is 1.86. The van der Waals surface area contributed by atoms with Gasteiger partial charge in [0, 0.05) is 24.8 Å². The van der Waals surface area contributed by atoms with Crippen molar-refractivity contribution in [3.8, 4) is 0 Å². The van der Waals surface area contributed by atoms with E-state index in [0.29, 0.717) is 5.02 Å². The van der Waals surface area contributed by atoms with Gasteiger partial charge < -0.3 is 5.11 Å². The minimum atomic E-state index is -3.62. The maximum absolute atomic E-state index is 12.4. The van der Waals surface area contributed by atoms with Crippen molar-refractivity contribution in [3.63, 3.8) is 0 Å². The first kappa shape index (κ1) is 16.0. The smallest absolute Gasteiger partial charge is 0.246 e. The Labute approximate surface area is 128 Å². The van der Waals surface area contributed by atoms with Crippen LogP contribution in [0.25, 0.3) is 0 Å². The molecule has 114 valence electrons. The molecule has 0 unspecified atom stereocenters. The molecule has 0 spiro atoms. The Balaban J connectivity index is 2.17. The number of aliphatic hydroxyl groups is 1. The summed E-state index contributed by atoms with van der Waals surface area (Å²) in [7, 11) is -2.12. The molecule has 0 atom stereocenters. The summed E-state index contributed by atoms with van der Waals surface area (Å²) in [5.74, 6) is 0. The van der Waals surface area contributed by atoms with E-state index in [2.05, 4.69) is 5.10 Å². The van der Waals surface area contributed by atoms with E-state index in [0.717, 1.165) is 5.56 Å². The molecule has 0 aliphatic carbocycles. The maximum atomic E-state index is 12.4. The van der Waals surface area contributed by atoms with Gasteiger partial charge in [0.25, 0.3) is 0 Å². The zero-order chi connectivity index (χ0) is 15.5. The minimum absolute atomic E-state index is 0.0977. The Bertz CT molecular complexity index is 715. The largest absolute Gasteiger partial charge is 0.394 e. The van der Waals surface area contributed by atoms with E-state index >= 15 is 0 Å². The predicted molar refractivity (Wildman–Crippen MR) is 79.4 cm³/mol. The maximum Gasteiger partial charge on any atom is 0.246 e. The second-order valence-corrected chi connectivity index (χ2v) is 7.04. The lowest BCUT2D eigenvalue weighted by Gasteiger charge is -2.16. The molecule has 6 nitrogen and oxygen atoms in total. The first-order chi connectivity index (χ1) is 9.93. The lowest BCUT2D eigenvalue weighted by atomic mass is 10.2. The van der Waals surface area contributed by atoms with Gasteiger partial charge in [-0.1, -0.05) is 23.7 Å². The number of sulfonamides is 1. The molecule has 1 aromatic heterocycles. The topological polar surface area (TPSA) is 75.4 Å². The molecule has 8 heteroatoms. The van der Waals surface area contributed by atoms with Crippen LogP contribution < -0.4 is 0 Å². The van der Waals surface area contributed by atoms with Crippen LogP contribution in [0.5, 0.6) is 0 Å². The first-order valence-electron chi connectivity index (χ1n) is 6.27. The first-order valence-corrected chi connectivity index (χ1v) is 8.09. The number of hydrogen-bond acceptors (Lipinski definition) is 4. The van der Waals surface area contributed by atoms with Crippen LogP contribution in [-0.4, -0.2) is 41.3 Å². The van der Waals surface area contributed by atoms with Crippen molar-refractivity contribution in [1.29, 1.82) is 0 Å². The van der Waals surface area contributed by atoms with Gasteiger partial charge in [-0.15, -0.1) is 0 Å². The highest BCUT2D eigenvalue weighted by Crippen LogP contribution is 2.18. The fraction of sp³-hybridized carbons (Fsp3) is 0.308. The summed E-state index contributed by atoms with van der Waals surface area (Å²) in [5, 5.41) is 13.3. The summed E-state index contributed by atoms with van der Waals surface area (Å²) in [4.78, 5) is 0.0977. The normalized spacial score (nSPS) is 12.0. The van der Waals surface area contributed by atoms with Crippen molar-refractivity contribution in [2.45, 2.75) is 18.0 Å². The minimum Gasteiger partial charge on any atom is -0.394 e. The van der Waals surface area contributed by atoms with Crippen molar-refractivity contribution in [2.75, 3.05) is 13.7 Å². The van der Waals surface area contributed by atoms with Crippen molar-refractivity contribution in [2.24, 2.45) is 0 Å². The third kappa shape index (κ3) is 3.82. The van der Waals surface area contributed by atoms with Crippen LogP contribution in [0.1, 0.15) is 5.56 Å². The van der Waals surface area contributed by atoms with Crippen molar-refractivity contribution < 1.29 is 13.5 Å². The molecule has 0 fully saturated rings. The van der Waals surface area contributed by atoms with Gasteiger partial charge >= 0.3 is 0 Å². The van der Waals surface area contributed by atoms with E-state index in [9.17, 15) is 8.42 Å². The quantitative estimate of drug-likeness (QED) is 0.868. The Hall–Kier alpha value is -1.41. The van der Waals surface area contributed by atoms with Crippen molar-refractivity contribution >= 4 is 21.6 Å². The molecular weight excluding hydrogens is 314 g/mol. The van der Waals surface area contributed by atoms with Crippen LogP contribution in [0.2, 0.25) is 5.02 Å². The number of nitrogens with zero attached hydrogens (tertiary/aromatic N) is 3. The van der Waals surface area contributed by atoms with Crippen LogP contribution in [0.4, 0.5) is 0 Å². The number of aliphatic hydroxyl groups excluding tert-OH is 1. The molecule has 0 saturated heterocycles. The third-order valence-corrected chi connectivity index (χ3v) is 4.93. The molecular formula is C13H16ClN3O3S. The van der Waals surface area contributed by atoms with Gasteiger partial charge in [0.1, 0.15) is 4.90 Å². The van der Waals surface area contributed by atoms with Crippen LogP contribution in [0.15, 0.2) is 41.6 Å². The molecule has 0 aliphatic rings. The van der Waals surface area contributed by atoms with Crippen molar-refractivity contribution in [3.05, 3.63) is 47.2 Å². The lowest BCUT2D eigenvalue weighted by molar-refractivity contribution is 0.269. The Morgan fingerprint density at radius 2 is 2.19 bits per heavy atom. The second kappa shape index (κ2) is 6.57. The standard InChI is InChI=1S/C13H16ClN3O3S/c1-16(9-11-3-2-4-12(14)7-11)21(19,20)13-8-15-17(10-13)5-6-18/h2-4,7-8,10,18H,5-6,9H2,1H3. The zero-order valence-electron chi connectivity index (χ0n) is 11.5. The average Bonchev–Trinajstić information content (AvgIpc) is 2.88.